The number of aromatic nitrogens is 2. The molecule has 2 heterocycles. The molecule has 0 aromatic carbocycles. The number of fused-ring (bicyclic) bond motifs is 3. The number of esters is 1. The molecule has 27 heavy (non-hydrogen) atoms. The lowest BCUT2D eigenvalue weighted by molar-refractivity contribution is -0.141. The Labute approximate surface area is 161 Å². The average molecular weight is 391 g/mol. The molecule has 0 fully saturated rings. The van der Waals surface area contributed by atoms with Crippen LogP contribution in [0.15, 0.2) is 11.1 Å². The maximum atomic E-state index is 12.9. The van der Waals surface area contributed by atoms with Gasteiger partial charge in [0, 0.05) is 37.9 Å². The highest BCUT2D eigenvalue weighted by atomic mass is 32.1. The Hall–Kier alpha value is -2.22. The highest BCUT2D eigenvalue weighted by Gasteiger charge is 2.20. The lowest BCUT2D eigenvalue weighted by Crippen LogP contribution is -2.30. The largest absolute Gasteiger partial charge is 0.469 e. The fraction of sp³-hybridized carbons (Fsp3) is 0.579. The van der Waals surface area contributed by atoms with Crippen LogP contribution in [-0.2, 0) is 33.7 Å². The summed E-state index contributed by atoms with van der Waals surface area (Å²) in [5.41, 5.74) is 1.12. The molecule has 0 unspecified atom stereocenters. The van der Waals surface area contributed by atoms with Crippen molar-refractivity contribution in [3.63, 3.8) is 0 Å². The van der Waals surface area contributed by atoms with E-state index < -0.39 is 0 Å². The van der Waals surface area contributed by atoms with Crippen LogP contribution in [0.1, 0.15) is 42.5 Å². The standard InChI is InChI=1S/C19H25N3O4S/c1-21(10-5-8-16(24)26-2)15(23)9-11-22-12-20-18-17(19(22)25)13-6-3-4-7-14(13)27-18/h12H,3-11H2,1-2H3. The van der Waals surface area contributed by atoms with Gasteiger partial charge in [-0.3, -0.25) is 19.0 Å². The summed E-state index contributed by atoms with van der Waals surface area (Å²) < 4.78 is 6.14. The summed E-state index contributed by atoms with van der Waals surface area (Å²) in [5, 5.41) is 0.746. The maximum absolute atomic E-state index is 12.9. The molecule has 7 nitrogen and oxygen atoms in total. The van der Waals surface area contributed by atoms with Gasteiger partial charge >= 0.3 is 5.97 Å². The van der Waals surface area contributed by atoms with Gasteiger partial charge in [-0.25, -0.2) is 4.98 Å². The van der Waals surface area contributed by atoms with Crippen LogP contribution in [0.2, 0.25) is 0 Å². The van der Waals surface area contributed by atoms with Gasteiger partial charge in [0.15, 0.2) is 0 Å². The van der Waals surface area contributed by atoms with Crippen molar-refractivity contribution in [1.29, 1.82) is 0 Å². The van der Waals surface area contributed by atoms with Crippen LogP contribution in [0.3, 0.4) is 0 Å². The fourth-order valence-corrected chi connectivity index (χ4v) is 4.65. The average Bonchev–Trinajstić information content (AvgIpc) is 3.06. The van der Waals surface area contributed by atoms with E-state index in [-0.39, 0.29) is 30.3 Å². The molecule has 3 rings (SSSR count). The first-order valence-corrected chi connectivity index (χ1v) is 10.1. The van der Waals surface area contributed by atoms with Gasteiger partial charge in [0.2, 0.25) is 5.91 Å². The SMILES string of the molecule is COC(=O)CCCN(C)C(=O)CCn1cnc2sc3c(c2c1=O)CCCC3. The third kappa shape index (κ3) is 4.37. The van der Waals surface area contributed by atoms with Gasteiger partial charge in [-0.15, -0.1) is 11.3 Å². The van der Waals surface area contributed by atoms with Crippen molar-refractivity contribution in [3.05, 3.63) is 27.1 Å². The Morgan fingerprint density at radius 2 is 2.07 bits per heavy atom. The van der Waals surface area contributed by atoms with E-state index in [9.17, 15) is 14.4 Å². The summed E-state index contributed by atoms with van der Waals surface area (Å²) in [6.45, 7) is 0.796. The number of amides is 1. The van der Waals surface area contributed by atoms with Crippen LogP contribution < -0.4 is 5.56 Å². The minimum Gasteiger partial charge on any atom is -0.469 e. The summed E-state index contributed by atoms with van der Waals surface area (Å²) in [6.07, 6.45) is 6.89. The Bertz CT molecular complexity index is 902. The summed E-state index contributed by atoms with van der Waals surface area (Å²) in [4.78, 5) is 44.5. The molecule has 0 radical (unpaired) electrons. The van der Waals surface area contributed by atoms with Crippen LogP contribution in [0.4, 0.5) is 0 Å². The Morgan fingerprint density at radius 1 is 1.30 bits per heavy atom. The number of thiophene rings is 1. The molecule has 1 aliphatic carbocycles. The minimum absolute atomic E-state index is 0.0412. The third-order valence-electron chi connectivity index (χ3n) is 5.04. The van der Waals surface area contributed by atoms with Crippen molar-refractivity contribution in [3.8, 4) is 0 Å². The Morgan fingerprint density at radius 3 is 2.85 bits per heavy atom. The smallest absolute Gasteiger partial charge is 0.305 e. The van der Waals surface area contributed by atoms with E-state index in [4.69, 9.17) is 0 Å². The zero-order chi connectivity index (χ0) is 19.4. The molecule has 0 spiro atoms. The number of hydrogen-bond acceptors (Lipinski definition) is 6. The van der Waals surface area contributed by atoms with E-state index in [2.05, 4.69) is 9.72 Å². The van der Waals surface area contributed by atoms with Crippen molar-refractivity contribution >= 4 is 33.4 Å². The second-order valence-corrected chi connectivity index (χ2v) is 7.96. The molecule has 0 saturated heterocycles. The van der Waals surface area contributed by atoms with E-state index in [0.717, 1.165) is 29.5 Å². The zero-order valence-corrected chi connectivity index (χ0v) is 16.6. The van der Waals surface area contributed by atoms with E-state index >= 15 is 0 Å². The molecule has 1 amide bonds. The number of carbonyl (C=O) groups is 2. The number of nitrogens with zero attached hydrogens (tertiary/aromatic N) is 3. The molecule has 2 aromatic heterocycles. The monoisotopic (exact) mass is 391 g/mol. The van der Waals surface area contributed by atoms with Crippen LogP contribution in [-0.4, -0.2) is 47.0 Å². The van der Waals surface area contributed by atoms with E-state index in [0.29, 0.717) is 19.5 Å². The number of aryl methyl sites for hydroxylation is 3. The molecule has 8 heteroatoms. The molecule has 0 aliphatic heterocycles. The molecule has 0 atom stereocenters. The lowest BCUT2D eigenvalue weighted by atomic mass is 9.97. The van der Waals surface area contributed by atoms with Crippen LogP contribution in [0, 0.1) is 0 Å². The number of rotatable bonds is 7. The lowest BCUT2D eigenvalue weighted by Gasteiger charge is -2.17. The molecule has 146 valence electrons. The third-order valence-corrected chi connectivity index (χ3v) is 6.24. The van der Waals surface area contributed by atoms with Gasteiger partial charge in [0.05, 0.1) is 18.8 Å². The first-order valence-electron chi connectivity index (χ1n) is 9.31. The zero-order valence-electron chi connectivity index (χ0n) is 15.8. The number of ether oxygens (including phenoxy) is 1. The van der Waals surface area contributed by atoms with Gasteiger partial charge in [0.25, 0.3) is 5.56 Å². The highest BCUT2D eigenvalue weighted by Crippen LogP contribution is 2.33. The van der Waals surface area contributed by atoms with Crippen LogP contribution in [0.5, 0.6) is 0 Å². The van der Waals surface area contributed by atoms with Gasteiger partial charge < -0.3 is 9.64 Å². The predicted octanol–water partition coefficient (Wildman–Crippen LogP) is 2.14. The molecule has 0 saturated carbocycles. The Kier molecular flexibility index (Phi) is 6.26. The molecule has 0 bridgehead atoms. The first kappa shape index (κ1) is 19.5. The van der Waals surface area contributed by atoms with Crippen molar-refractivity contribution in [2.24, 2.45) is 0 Å². The van der Waals surface area contributed by atoms with Gasteiger partial charge in [0.1, 0.15) is 4.83 Å². The minimum atomic E-state index is -0.277. The fourth-order valence-electron chi connectivity index (χ4n) is 3.43. The first-order chi connectivity index (χ1) is 13.0. The van der Waals surface area contributed by atoms with Crippen molar-refractivity contribution in [2.75, 3.05) is 20.7 Å². The number of carbonyl (C=O) groups excluding carboxylic acids is 2. The molecule has 1 aliphatic rings. The van der Waals surface area contributed by atoms with Gasteiger partial charge in [-0.1, -0.05) is 0 Å². The van der Waals surface area contributed by atoms with Crippen molar-refractivity contribution < 1.29 is 14.3 Å². The summed E-state index contributed by atoms with van der Waals surface area (Å²) in [6, 6.07) is 0. The van der Waals surface area contributed by atoms with E-state index in [1.807, 2.05) is 0 Å². The molecular weight excluding hydrogens is 366 g/mol. The Balaban J connectivity index is 1.63. The van der Waals surface area contributed by atoms with Gasteiger partial charge in [-0.05, 0) is 37.7 Å². The molecule has 0 N–H and O–H groups in total. The van der Waals surface area contributed by atoms with Crippen LogP contribution >= 0.6 is 11.3 Å². The maximum Gasteiger partial charge on any atom is 0.305 e. The van der Waals surface area contributed by atoms with Crippen molar-refractivity contribution in [1.82, 2.24) is 14.5 Å². The van der Waals surface area contributed by atoms with E-state index in [1.165, 1.54) is 24.0 Å². The predicted molar refractivity (Wildman–Crippen MR) is 104 cm³/mol. The topological polar surface area (TPSA) is 81.5 Å². The van der Waals surface area contributed by atoms with E-state index in [1.54, 1.807) is 34.2 Å². The second-order valence-electron chi connectivity index (χ2n) is 6.88. The summed E-state index contributed by atoms with van der Waals surface area (Å²) in [5.74, 6) is -0.333. The molecule has 2 aromatic rings. The quantitative estimate of drug-likeness (QED) is 0.676. The second kappa shape index (κ2) is 8.65. The van der Waals surface area contributed by atoms with Crippen molar-refractivity contribution in [2.45, 2.75) is 51.5 Å². The van der Waals surface area contributed by atoms with Crippen LogP contribution in [0.25, 0.3) is 10.2 Å². The molecular formula is C19H25N3O4S. The number of hydrogen-bond donors (Lipinski definition) is 0. The number of methoxy groups -OCH3 is 1. The van der Waals surface area contributed by atoms with Gasteiger partial charge in [-0.2, -0.15) is 0 Å². The summed E-state index contributed by atoms with van der Waals surface area (Å²) in [7, 11) is 3.06. The highest BCUT2D eigenvalue weighted by molar-refractivity contribution is 7.18. The normalized spacial score (nSPS) is 13.4. The summed E-state index contributed by atoms with van der Waals surface area (Å²) >= 11 is 1.63.